The molecule has 8 nitrogen and oxygen atoms in total. The van der Waals surface area contributed by atoms with Crippen molar-refractivity contribution in [1.29, 1.82) is 0 Å². The zero-order chi connectivity index (χ0) is 33.1. The molecule has 1 aromatic heterocycles. The van der Waals surface area contributed by atoms with E-state index in [2.05, 4.69) is 0 Å². The number of amides is 1. The Balaban J connectivity index is 1.50. The second kappa shape index (κ2) is 13.7. The molecule has 6 rings (SSSR count). The van der Waals surface area contributed by atoms with Crippen molar-refractivity contribution in [3.05, 3.63) is 133 Å². The van der Waals surface area contributed by atoms with Crippen LogP contribution >= 0.6 is 11.3 Å². The Bertz CT molecular complexity index is 2160. The van der Waals surface area contributed by atoms with Gasteiger partial charge in [-0.2, -0.15) is 0 Å². The van der Waals surface area contributed by atoms with Crippen LogP contribution in [-0.4, -0.2) is 42.7 Å². The monoisotopic (exact) mass is 647 g/mol. The average Bonchev–Trinajstić information content (AvgIpc) is 3.40. The number of benzene rings is 4. The van der Waals surface area contributed by atoms with E-state index >= 15 is 0 Å². The number of methoxy groups -OCH3 is 2. The van der Waals surface area contributed by atoms with Gasteiger partial charge >= 0.3 is 0 Å². The summed E-state index contributed by atoms with van der Waals surface area (Å²) >= 11 is 1.29. The molecule has 47 heavy (non-hydrogen) atoms. The SMILES string of the molecule is CCN(CC)C(=O)C1=C(C)N=c2s/c(=C/c3ccc(OCc4ccccc4)c(OC)c3)c(=O)n2[C@@H]1c1c(OC)ccc2ccccc12. The second-order valence-corrected chi connectivity index (χ2v) is 12.2. The van der Waals surface area contributed by atoms with Crippen molar-refractivity contribution < 1.29 is 19.0 Å². The Kier molecular flexibility index (Phi) is 9.26. The molecule has 1 aliphatic rings. The maximum Gasteiger partial charge on any atom is 0.271 e. The molecular formula is C38H37N3O5S. The lowest BCUT2D eigenvalue weighted by molar-refractivity contribution is -0.127. The van der Waals surface area contributed by atoms with Crippen molar-refractivity contribution in [3.63, 3.8) is 0 Å². The molecule has 1 aliphatic heterocycles. The van der Waals surface area contributed by atoms with Crippen LogP contribution in [0.4, 0.5) is 0 Å². The Morgan fingerprint density at radius 1 is 0.915 bits per heavy atom. The van der Waals surface area contributed by atoms with Gasteiger partial charge < -0.3 is 19.1 Å². The average molecular weight is 648 g/mol. The smallest absolute Gasteiger partial charge is 0.271 e. The van der Waals surface area contributed by atoms with Gasteiger partial charge in [0, 0.05) is 18.7 Å². The number of thiazole rings is 1. The second-order valence-electron chi connectivity index (χ2n) is 11.1. The Morgan fingerprint density at radius 2 is 1.62 bits per heavy atom. The zero-order valence-electron chi connectivity index (χ0n) is 27.2. The maximum atomic E-state index is 14.4. The van der Waals surface area contributed by atoms with Gasteiger partial charge in [0.2, 0.25) is 0 Å². The third-order valence-corrected chi connectivity index (χ3v) is 9.43. The van der Waals surface area contributed by atoms with Crippen molar-refractivity contribution in [3.8, 4) is 17.2 Å². The van der Waals surface area contributed by atoms with Gasteiger partial charge in [-0.3, -0.25) is 14.2 Å². The first-order chi connectivity index (χ1) is 22.9. The highest BCUT2D eigenvalue weighted by atomic mass is 32.1. The minimum Gasteiger partial charge on any atom is -0.496 e. The van der Waals surface area contributed by atoms with Crippen molar-refractivity contribution in [2.45, 2.75) is 33.4 Å². The Hall–Kier alpha value is -5.15. The number of ether oxygens (including phenoxy) is 3. The summed E-state index contributed by atoms with van der Waals surface area (Å²) in [4.78, 5) is 35.7. The van der Waals surface area contributed by atoms with Gasteiger partial charge in [0.25, 0.3) is 11.5 Å². The van der Waals surface area contributed by atoms with Crippen LogP contribution in [0.2, 0.25) is 0 Å². The van der Waals surface area contributed by atoms with Gasteiger partial charge in [0.1, 0.15) is 18.4 Å². The molecule has 240 valence electrons. The largest absolute Gasteiger partial charge is 0.496 e. The minimum atomic E-state index is -0.745. The molecule has 0 saturated heterocycles. The standard InChI is InChI=1S/C38H37N3O5S/c1-6-40(7-2)37(43)33-24(3)39-38-41(35(33)34-28-16-12-11-15-27(28)18-20-30(34)44-4)36(42)32(47-38)22-26-17-19-29(31(21-26)45-5)46-23-25-13-9-8-10-14-25/h8-22,35H,6-7,23H2,1-5H3/b32-22+/t35-/m0/s1. The molecule has 0 saturated carbocycles. The van der Waals surface area contributed by atoms with Crippen molar-refractivity contribution in [1.82, 2.24) is 9.47 Å². The van der Waals surface area contributed by atoms with E-state index in [1.807, 2.05) is 112 Å². The fourth-order valence-corrected chi connectivity index (χ4v) is 7.11. The highest BCUT2D eigenvalue weighted by Crippen LogP contribution is 2.40. The van der Waals surface area contributed by atoms with Gasteiger partial charge in [0.05, 0.1) is 30.0 Å². The van der Waals surface area contributed by atoms with E-state index in [0.29, 0.717) is 57.5 Å². The molecule has 1 atom stereocenters. The minimum absolute atomic E-state index is 0.152. The van der Waals surface area contributed by atoms with E-state index in [0.717, 1.165) is 27.5 Å². The van der Waals surface area contributed by atoms with Gasteiger partial charge in [-0.1, -0.05) is 78.1 Å². The number of aromatic nitrogens is 1. The normalized spacial score (nSPS) is 14.5. The first kappa shape index (κ1) is 31.8. The van der Waals surface area contributed by atoms with Crippen LogP contribution in [0.15, 0.2) is 106 Å². The zero-order valence-corrected chi connectivity index (χ0v) is 28.0. The molecule has 0 N–H and O–H groups in total. The van der Waals surface area contributed by atoms with E-state index in [4.69, 9.17) is 19.2 Å². The fourth-order valence-electron chi connectivity index (χ4n) is 6.06. The van der Waals surface area contributed by atoms with Gasteiger partial charge in [0.15, 0.2) is 16.3 Å². The molecule has 1 amide bonds. The van der Waals surface area contributed by atoms with Crippen LogP contribution in [-0.2, 0) is 11.4 Å². The number of hydrogen-bond acceptors (Lipinski definition) is 7. The molecule has 5 aromatic rings. The number of rotatable bonds is 10. The Labute approximate surface area is 277 Å². The Morgan fingerprint density at radius 3 is 2.34 bits per heavy atom. The van der Waals surface area contributed by atoms with Crippen LogP contribution in [0.1, 0.15) is 43.5 Å². The summed E-state index contributed by atoms with van der Waals surface area (Å²) in [6.07, 6.45) is 1.83. The summed E-state index contributed by atoms with van der Waals surface area (Å²) in [5.74, 6) is 1.61. The lowest BCUT2D eigenvalue weighted by Crippen LogP contribution is -2.43. The molecule has 0 radical (unpaired) electrons. The van der Waals surface area contributed by atoms with Crippen LogP contribution < -0.4 is 29.1 Å². The predicted molar refractivity (Wildman–Crippen MR) is 186 cm³/mol. The molecule has 0 fully saturated rings. The number of hydrogen-bond donors (Lipinski definition) is 0. The first-order valence-corrected chi connectivity index (χ1v) is 16.4. The van der Waals surface area contributed by atoms with E-state index < -0.39 is 6.04 Å². The molecule has 4 aromatic carbocycles. The van der Waals surface area contributed by atoms with Crippen molar-refractivity contribution >= 4 is 34.1 Å². The van der Waals surface area contributed by atoms with Gasteiger partial charge in [-0.15, -0.1) is 0 Å². The summed E-state index contributed by atoms with van der Waals surface area (Å²) in [6.45, 7) is 7.21. The third kappa shape index (κ3) is 6.06. The van der Waals surface area contributed by atoms with Crippen LogP contribution in [0.3, 0.4) is 0 Å². The number of likely N-dealkylation sites (N-methyl/N-ethyl adjacent to an activating group) is 1. The number of allylic oxidation sites excluding steroid dienone is 1. The predicted octanol–water partition coefficient (Wildman–Crippen LogP) is 5.85. The maximum absolute atomic E-state index is 14.4. The topological polar surface area (TPSA) is 82.4 Å². The van der Waals surface area contributed by atoms with Gasteiger partial charge in [-0.05, 0) is 66.9 Å². The van der Waals surface area contributed by atoms with Crippen molar-refractivity contribution in [2.75, 3.05) is 27.3 Å². The van der Waals surface area contributed by atoms with Gasteiger partial charge in [-0.25, -0.2) is 4.99 Å². The first-order valence-electron chi connectivity index (χ1n) is 15.6. The molecular weight excluding hydrogens is 611 g/mol. The highest BCUT2D eigenvalue weighted by molar-refractivity contribution is 7.07. The van der Waals surface area contributed by atoms with Crippen LogP contribution in [0.25, 0.3) is 16.8 Å². The van der Waals surface area contributed by atoms with Crippen molar-refractivity contribution in [2.24, 2.45) is 4.99 Å². The van der Waals surface area contributed by atoms with E-state index in [1.54, 1.807) is 23.7 Å². The molecule has 0 spiro atoms. The number of nitrogens with zero attached hydrogens (tertiary/aromatic N) is 3. The summed E-state index contributed by atoms with van der Waals surface area (Å²) in [5.41, 5.74) is 3.37. The van der Waals surface area contributed by atoms with Crippen LogP contribution in [0, 0.1) is 0 Å². The summed E-state index contributed by atoms with van der Waals surface area (Å²) in [7, 11) is 3.21. The molecule has 0 bridgehead atoms. The molecule has 9 heteroatoms. The quantitative estimate of drug-likeness (QED) is 0.190. The molecule has 0 aliphatic carbocycles. The van der Waals surface area contributed by atoms with E-state index in [-0.39, 0.29) is 11.5 Å². The molecule has 0 unspecified atom stereocenters. The lowest BCUT2D eigenvalue weighted by Gasteiger charge is -2.30. The summed E-state index contributed by atoms with van der Waals surface area (Å²) < 4.78 is 19.7. The fraction of sp³-hybridized carbons (Fsp3) is 0.237. The number of fused-ring (bicyclic) bond motifs is 2. The lowest BCUT2D eigenvalue weighted by atomic mass is 9.90. The molecule has 2 heterocycles. The summed E-state index contributed by atoms with van der Waals surface area (Å²) in [6, 6.07) is 26.6. The number of carbonyl (C=O) groups excluding carboxylic acids is 1. The highest BCUT2D eigenvalue weighted by Gasteiger charge is 2.36. The third-order valence-electron chi connectivity index (χ3n) is 8.45. The van der Waals surface area contributed by atoms with Crippen LogP contribution in [0.5, 0.6) is 17.2 Å². The summed E-state index contributed by atoms with van der Waals surface area (Å²) in [5, 5.41) is 1.89. The van der Waals surface area contributed by atoms with E-state index in [1.165, 1.54) is 11.3 Å². The van der Waals surface area contributed by atoms with E-state index in [9.17, 15) is 9.59 Å². The number of carbonyl (C=O) groups is 1.